The Morgan fingerprint density at radius 3 is 3.05 bits per heavy atom. The minimum Gasteiger partial charge on any atom is -0.479 e. The molecule has 1 aliphatic rings. The number of carbonyl (C=O) groups is 1. The Labute approximate surface area is 114 Å². The highest BCUT2D eigenvalue weighted by molar-refractivity contribution is 5.89. The van der Waals surface area contributed by atoms with Crippen LogP contribution in [0.3, 0.4) is 0 Å². The zero-order valence-corrected chi connectivity index (χ0v) is 10.9. The van der Waals surface area contributed by atoms with Gasteiger partial charge in [-0.15, -0.1) is 0 Å². The Hall–Kier alpha value is -1.88. The first kappa shape index (κ1) is 11.0. The van der Waals surface area contributed by atoms with Crippen molar-refractivity contribution in [3.05, 3.63) is 29.3 Å². The van der Waals surface area contributed by atoms with Gasteiger partial charge in [0.15, 0.2) is 5.60 Å². The van der Waals surface area contributed by atoms with E-state index >= 15 is 0 Å². The maximum absolute atomic E-state index is 11.1. The fraction of sp³-hybridized carbons (Fsp3) is 0.429. The zero-order chi connectivity index (χ0) is 15.8. The first-order valence-electron chi connectivity index (χ1n) is 7.18. The summed E-state index contributed by atoms with van der Waals surface area (Å²) in [6, 6.07) is 4.67. The molecule has 2 rings (SSSR count). The van der Waals surface area contributed by atoms with Crippen LogP contribution in [0, 0.1) is 5.41 Å². The molecular formula is C14H18N2O3. The van der Waals surface area contributed by atoms with E-state index in [9.17, 15) is 9.90 Å². The van der Waals surface area contributed by atoms with Gasteiger partial charge in [0.1, 0.15) is 0 Å². The summed E-state index contributed by atoms with van der Waals surface area (Å²) >= 11 is 0. The van der Waals surface area contributed by atoms with Gasteiger partial charge in [-0.25, -0.2) is 0 Å². The van der Waals surface area contributed by atoms with Gasteiger partial charge in [-0.05, 0) is 43.0 Å². The third kappa shape index (κ3) is 2.46. The SMILES string of the molecule is [2H]C1c2cc(NC(C)=O)ccc2C(O)(C(=N)OCC)C1[2H]. The lowest BCUT2D eigenvalue weighted by Crippen LogP contribution is -2.34. The third-order valence-electron chi connectivity index (χ3n) is 2.92. The smallest absolute Gasteiger partial charge is 0.221 e. The Balaban J connectivity index is 2.48. The lowest BCUT2D eigenvalue weighted by atomic mass is 9.95. The number of nitrogens with one attached hydrogen (secondary N) is 2. The largest absolute Gasteiger partial charge is 0.479 e. The second-order valence-electron chi connectivity index (χ2n) is 4.35. The molecule has 0 radical (unpaired) electrons. The van der Waals surface area contributed by atoms with Crippen molar-refractivity contribution >= 4 is 17.5 Å². The molecule has 0 saturated carbocycles. The number of hydrogen-bond acceptors (Lipinski definition) is 4. The van der Waals surface area contributed by atoms with Gasteiger partial charge in [0.2, 0.25) is 11.8 Å². The number of benzene rings is 1. The van der Waals surface area contributed by atoms with E-state index in [0.717, 1.165) is 0 Å². The standard InChI is InChI=1S/C14H18N2O3/c1-3-19-13(15)14(18)7-6-10-8-11(16-9(2)17)4-5-12(10)14/h4-5,8,15,18H,3,6-7H2,1-2H3,(H,16,17)/i6D,7D. The van der Waals surface area contributed by atoms with Gasteiger partial charge in [-0.1, -0.05) is 6.07 Å². The highest BCUT2D eigenvalue weighted by Crippen LogP contribution is 2.39. The summed E-state index contributed by atoms with van der Waals surface area (Å²) in [4.78, 5) is 11.1. The molecular weight excluding hydrogens is 244 g/mol. The molecule has 3 unspecified atom stereocenters. The van der Waals surface area contributed by atoms with Gasteiger partial charge in [-0.2, -0.15) is 0 Å². The number of amides is 1. The first-order chi connectivity index (χ1) is 9.82. The fourth-order valence-corrected chi connectivity index (χ4v) is 2.08. The average molecular weight is 264 g/mol. The van der Waals surface area contributed by atoms with Crippen LogP contribution in [0.2, 0.25) is 0 Å². The number of fused-ring (bicyclic) bond motifs is 1. The minimum atomic E-state index is -1.92. The number of anilines is 1. The topological polar surface area (TPSA) is 82.4 Å². The van der Waals surface area contributed by atoms with E-state index in [4.69, 9.17) is 12.9 Å². The highest BCUT2D eigenvalue weighted by atomic mass is 16.5. The number of aliphatic hydroxyl groups is 1. The van der Waals surface area contributed by atoms with Gasteiger partial charge in [0.25, 0.3) is 0 Å². The van der Waals surface area contributed by atoms with E-state index in [1.807, 2.05) is 0 Å². The summed E-state index contributed by atoms with van der Waals surface area (Å²) in [5, 5.41) is 21.2. The molecule has 0 aliphatic heterocycles. The van der Waals surface area contributed by atoms with E-state index in [2.05, 4.69) is 5.32 Å². The molecule has 0 spiro atoms. The van der Waals surface area contributed by atoms with Crippen LogP contribution in [-0.4, -0.2) is 23.5 Å². The van der Waals surface area contributed by atoms with E-state index in [-0.39, 0.29) is 12.5 Å². The van der Waals surface area contributed by atoms with E-state index in [1.165, 1.54) is 13.0 Å². The Morgan fingerprint density at radius 2 is 2.42 bits per heavy atom. The average Bonchev–Trinajstić information content (AvgIpc) is 2.61. The van der Waals surface area contributed by atoms with E-state index in [1.54, 1.807) is 19.1 Å². The molecule has 5 heteroatoms. The lowest BCUT2D eigenvalue weighted by molar-refractivity contribution is -0.114. The maximum atomic E-state index is 11.1. The Bertz CT molecular complexity index is 594. The lowest BCUT2D eigenvalue weighted by Gasteiger charge is -2.24. The molecule has 102 valence electrons. The molecule has 1 aliphatic carbocycles. The molecule has 0 fully saturated rings. The summed E-state index contributed by atoms with van der Waals surface area (Å²) in [6.45, 7) is 3.26. The Kier molecular flexibility index (Phi) is 2.90. The number of aryl methyl sites for hydroxylation is 1. The number of rotatable bonds is 3. The van der Waals surface area contributed by atoms with Crippen LogP contribution in [0.25, 0.3) is 0 Å². The van der Waals surface area contributed by atoms with Crippen molar-refractivity contribution in [1.29, 1.82) is 5.41 Å². The highest BCUT2D eigenvalue weighted by Gasteiger charge is 2.42. The van der Waals surface area contributed by atoms with Crippen LogP contribution in [-0.2, 0) is 21.5 Å². The molecule has 0 aromatic heterocycles. The van der Waals surface area contributed by atoms with Gasteiger partial charge >= 0.3 is 0 Å². The van der Waals surface area contributed by atoms with Crippen molar-refractivity contribution in [3.8, 4) is 0 Å². The van der Waals surface area contributed by atoms with Crippen molar-refractivity contribution in [1.82, 2.24) is 0 Å². The summed E-state index contributed by atoms with van der Waals surface area (Å²) < 4.78 is 21.2. The van der Waals surface area contributed by atoms with E-state index in [0.29, 0.717) is 16.8 Å². The van der Waals surface area contributed by atoms with Crippen molar-refractivity contribution < 1.29 is 17.4 Å². The quantitative estimate of drug-likeness (QED) is 0.575. The normalized spacial score (nSPS) is 30.1. The molecule has 19 heavy (non-hydrogen) atoms. The fourth-order valence-electron chi connectivity index (χ4n) is 2.08. The predicted octanol–water partition coefficient (Wildman–Crippen LogP) is 1.79. The van der Waals surface area contributed by atoms with Gasteiger partial charge in [0.05, 0.1) is 6.61 Å². The molecule has 1 amide bonds. The zero-order valence-electron chi connectivity index (χ0n) is 12.9. The second kappa shape index (κ2) is 5.01. The van der Waals surface area contributed by atoms with Gasteiger partial charge in [-0.3, -0.25) is 10.2 Å². The molecule has 1 aromatic carbocycles. The second-order valence-corrected chi connectivity index (χ2v) is 4.35. The third-order valence-corrected chi connectivity index (χ3v) is 2.92. The summed E-state index contributed by atoms with van der Waals surface area (Å²) in [7, 11) is 0. The van der Waals surface area contributed by atoms with Crippen LogP contribution in [0.5, 0.6) is 0 Å². The Morgan fingerprint density at radius 1 is 1.68 bits per heavy atom. The van der Waals surface area contributed by atoms with Gasteiger partial charge in [0, 0.05) is 15.4 Å². The summed E-state index contributed by atoms with van der Waals surface area (Å²) in [5.74, 6) is -0.664. The molecule has 3 N–H and O–H groups in total. The van der Waals surface area contributed by atoms with Crippen LogP contribution in [0.1, 0.15) is 34.1 Å². The molecule has 0 heterocycles. The van der Waals surface area contributed by atoms with Crippen LogP contribution >= 0.6 is 0 Å². The van der Waals surface area contributed by atoms with Gasteiger partial charge < -0.3 is 15.2 Å². The van der Waals surface area contributed by atoms with Crippen molar-refractivity contribution in [2.75, 3.05) is 11.9 Å². The minimum absolute atomic E-state index is 0.204. The molecule has 5 nitrogen and oxygen atoms in total. The van der Waals surface area contributed by atoms with Crippen molar-refractivity contribution in [2.45, 2.75) is 32.2 Å². The summed E-state index contributed by atoms with van der Waals surface area (Å²) in [5.41, 5.74) is -0.687. The van der Waals surface area contributed by atoms with Crippen LogP contribution in [0.4, 0.5) is 5.69 Å². The van der Waals surface area contributed by atoms with Crippen molar-refractivity contribution in [2.24, 2.45) is 0 Å². The predicted molar refractivity (Wildman–Crippen MR) is 72.3 cm³/mol. The number of carbonyl (C=O) groups excluding carboxylic acids is 1. The molecule has 3 atom stereocenters. The maximum Gasteiger partial charge on any atom is 0.221 e. The monoisotopic (exact) mass is 264 g/mol. The molecule has 1 aromatic rings. The molecule has 0 bridgehead atoms. The van der Waals surface area contributed by atoms with Crippen LogP contribution in [0.15, 0.2) is 18.2 Å². The van der Waals surface area contributed by atoms with Crippen LogP contribution < -0.4 is 5.32 Å². The number of ether oxygens (including phenoxy) is 1. The van der Waals surface area contributed by atoms with E-state index < -0.39 is 24.3 Å². The number of hydrogen-bond donors (Lipinski definition) is 3. The van der Waals surface area contributed by atoms with Crippen molar-refractivity contribution in [3.63, 3.8) is 0 Å². The summed E-state index contributed by atoms with van der Waals surface area (Å²) in [6.07, 6.45) is -2.27. The first-order valence-corrected chi connectivity index (χ1v) is 6.03. The molecule has 0 saturated heterocycles.